The van der Waals surface area contributed by atoms with Gasteiger partial charge in [0.05, 0.1) is 0 Å². The molecule has 70 valence electrons. The Morgan fingerprint density at radius 3 is 2.58 bits per heavy atom. The van der Waals surface area contributed by atoms with Gasteiger partial charge in [0.15, 0.2) is 0 Å². The fourth-order valence-corrected chi connectivity index (χ4v) is 1.53. The summed E-state index contributed by atoms with van der Waals surface area (Å²) in [6.07, 6.45) is 2.98. The third-order valence-electron chi connectivity index (χ3n) is 2.31. The summed E-state index contributed by atoms with van der Waals surface area (Å²) < 4.78 is 0. The molecule has 0 aromatic heterocycles. The highest BCUT2D eigenvalue weighted by atomic mass is 16.1. The number of hydrogen-bond donors (Lipinski definition) is 1. The number of rotatable bonds is 2. The van der Waals surface area contributed by atoms with Gasteiger partial charge in [-0.1, -0.05) is 0 Å². The van der Waals surface area contributed by atoms with E-state index in [-0.39, 0.29) is 5.54 Å². The minimum atomic E-state index is 0.142. The van der Waals surface area contributed by atoms with Gasteiger partial charge in [-0.3, -0.25) is 4.79 Å². The van der Waals surface area contributed by atoms with Crippen LogP contribution >= 0.6 is 0 Å². The van der Waals surface area contributed by atoms with Gasteiger partial charge in [-0.05, 0) is 33.6 Å². The second kappa shape index (κ2) is 3.56. The predicted octanol–water partition coefficient (Wildman–Crippen LogP) is 1.74. The molecule has 2 nitrogen and oxygen atoms in total. The molecule has 1 fully saturated rings. The summed E-state index contributed by atoms with van der Waals surface area (Å²) in [5, 5.41) is 3.37. The standard InChI is InChI=1S/C10H19NO/c1-10(2,3)11-7-8-5-4-6-9(8)12/h8,11H,4-7H2,1-3H3. The van der Waals surface area contributed by atoms with Gasteiger partial charge in [0.2, 0.25) is 0 Å². The molecule has 1 atom stereocenters. The molecule has 1 rings (SSSR count). The lowest BCUT2D eigenvalue weighted by molar-refractivity contribution is -0.120. The van der Waals surface area contributed by atoms with Crippen molar-refractivity contribution >= 4 is 5.78 Å². The van der Waals surface area contributed by atoms with Gasteiger partial charge in [0.1, 0.15) is 5.78 Å². The topological polar surface area (TPSA) is 29.1 Å². The molecule has 0 aromatic carbocycles. The second-order valence-corrected chi connectivity index (χ2v) is 4.69. The zero-order valence-electron chi connectivity index (χ0n) is 8.31. The van der Waals surface area contributed by atoms with E-state index in [0.29, 0.717) is 11.7 Å². The summed E-state index contributed by atoms with van der Waals surface area (Å²) in [4.78, 5) is 11.3. The van der Waals surface area contributed by atoms with E-state index in [9.17, 15) is 4.79 Å². The maximum Gasteiger partial charge on any atom is 0.137 e. The van der Waals surface area contributed by atoms with E-state index in [1.807, 2.05) is 0 Å². The van der Waals surface area contributed by atoms with Gasteiger partial charge in [0, 0.05) is 24.4 Å². The summed E-state index contributed by atoms with van der Waals surface area (Å²) in [7, 11) is 0. The number of carbonyl (C=O) groups is 1. The lowest BCUT2D eigenvalue weighted by Crippen LogP contribution is -2.39. The predicted molar refractivity (Wildman–Crippen MR) is 50.1 cm³/mol. The van der Waals surface area contributed by atoms with Crippen LogP contribution in [-0.4, -0.2) is 17.9 Å². The van der Waals surface area contributed by atoms with Crippen molar-refractivity contribution in [1.82, 2.24) is 5.32 Å². The third kappa shape index (κ3) is 2.94. The van der Waals surface area contributed by atoms with Crippen LogP contribution in [0.5, 0.6) is 0 Å². The van der Waals surface area contributed by atoms with Gasteiger partial charge >= 0.3 is 0 Å². The van der Waals surface area contributed by atoms with E-state index in [2.05, 4.69) is 26.1 Å². The Labute approximate surface area is 74.7 Å². The molecule has 1 N–H and O–H groups in total. The van der Waals surface area contributed by atoms with Gasteiger partial charge in [-0.25, -0.2) is 0 Å². The Morgan fingerprint density at radius 1 is 1.50 bits per heavy atom. The molecule has 0 bridgehead atoms. The summed E-state index contributed by atoms with van der Waals surface area (Å²) in [5.41, 5.74) is 0.142. The van der Waals surface area contributed by atoms with E-state index in [4.69, 9.17) is 0 Å². The minimum Gasteiger partial charge on any atom is -0.311 e. The SMILES string of the molecule is CC(C)(C)NCC1CCCC1=O. The molecular formula is C10H19NO. The molecule has 0 amide bonds. The van der Waals surface area contributed by atoms with Crippen LogP contribution in [0, 0.1) is 5.92 Å². The van der Waals surface area contributed by atoms with Crippen LogP contribution in [0.15, 0.2) is 0 Å². The monoisotopic (exact) mass is 169 g/mol. The Balaban J connectivity index is 2.27. The van der Waals surface area contributed by atoms with Crippen molar-refractivity contribution in [1.29, 1.82) is 0 Å². The van der Waals surface area contributed by atoms with Gasteiger partial charge in [-0.15, -0.1) is 0 Å². The first-order valence-electron chi connectivity index (χ1n) is 4.77. The molecule has 12 heavy (non-hydrogen) atoms. The second-order valence-electron chi connectivity index (χ2n) is 4.69. The van der Waals surface area contributed by atoms with Gasteiger partial charge in [-0.2, -0.15) is 0 Å². The summed E-state index contributed by atoms with van der Waals surface area (Å²) >= 11 is 0. The Kier molecular flexibility index (Phi) is 2.89. The Hall–Kier alpha value is -0.370. The number of carbonyl (C=O) groups excluding carboxylic acids is 1. The van der Waals surface area contributed by atoms with E-state index < -0.39 is 0 Å². The number of Topliss-reactive ketones (excluding diaryl/α,β-unsaturated/α-hetero) is 1. The van der Waals surface area contributed by atoms with Crippen molar-refractivity contribution in [2.75, 3.05) is 6.54 Å². The van der Waals surface area contributed by atoms with Crippen molar-refractivity contribution < 1.29 is 4.79 Å². The summed E-state index contributed by atoms with van der Waals surface area (Å²) in [5.74, 6) is 0.746. The largest absolute Gasteiger partial charge is 0.311 e. The average Bonchev–Trinajstić information content (AvgIpc) is 2.29. The summed E-state index contributed by atoms with van der Waals surface area (Å²) in [6, 6.07) is 0. The molecule has 0 radical (unpaired) electrons. The van der Waals surface area contributed by atoms with Gasteiger partial charge in [0.25, 0.3) is 0 Å². The number of hydrogen-bond acceptors (Lipinski definition) is 2. The lowest BCUT2D eigenvalue weighted by atomic mass is 10.0. The Bertz CT molecular complexity index is 169. The van der Waals surface area contributed by atoms with Crippen molar-refractivity contribution in [2.45, 2.75) is 45.6 Å². The first-order valence-corrected chi connectivity index (χ1v) is 4.77. The molecular weight excluding hydrogens is 150 g/mol. The zero-order valence-corrected chi connectivity index (χ0v) is 8.31. The molecule has 1 aliphatic carbocycles. The van der Waals surface area contributed by atoms with Crippen LogP contribution < -0.4 is 5.32 Å². The third-order valence-corrected chi connectivity index (χ3v) is 2.31. The van der Waals surface area contributed by atoms with Crippen LogP contribution in [-0.2, 0) is 4.79 Å². The number of nitrogens with one attached hydrogen (secondary N) is 1. The van der Waals surface area contributed by atoms with Crippen LogP contribution in [0.4, 0.5) is 0 Å². The van der Waals surface area contributed by atoms with Crippen molar-refractivity contribution in [3.63, 3.8) is 0 Å². The molecule has 0 saturated heterocycles. The van der Waals surface area contributed by atoms with Crippen LogP contribution in [0.25, 0.3) is 0 Å². The maximum absolute atomic E-state index is 11.3. The fourth-order valence-electron chi connectivity index (χ4n) is 1.53. The highest BCUT2D eigenvalue weighted by Gasteiger charge is 2.25. The first-order chi connectivity index (χ1) is 5.49. The van der Waals surface area contributed by atoms with E-state index in [1.54, 1.807) is 0 Å². The molecule has 1 aliphatic rings. The molecule has 1 unspecified atom stereocenters. The van der Waals surface area contributed by atoms with Crippen LogP contribution in [0.2, 0.25) is 0 Å². The normalized spacial score (nSPS) is 24.9. The molecule has 0 aromatic rings. The van der Waals surface area contributed by atoms with E-state index in [1.165, 1.54) is 0 Å². The number of ketones is 1. The van der Waals surface area contributed by atoms with Crippen molar-refractivity contribution in [3.8, 4) is 0 Å². The van der Waals surface area contributed by atoms with Crippen LogP contribution in [0.1, 0.15) is 40.0 Å². The van der Waals surface area contributed by atoms with E-state index >= 15 is 0 Å². The minimum absolute atomic E-state index is 0.142. The summed E-state index contributed by atoms with van der Waals surface area (Å²) in [6.45, 7) is 7.26. The maximum atomic E-state index is 11.3. The highest BCUT2D eigenvalue weighted by molar-refractivity contribution is 5.83. The molecule has 1 saturated carbocycles. The van der Waals surface area contributed by atoms with Gasteiger partial charge < -0.3 is 5.32 Å². The zero-order chi connectivity index (χ0) is 9.19. The smallest absolute Gasteiger partial charge is 0.137 e. The molecule has 0 spiro atoms. The Morgan fingerprint density at radius 2 is 2.17 bits per heavy atom. The lowest BCUT2D eigenvalue weighted by Gasteiger charge is -2.22. The first kappa shape index (κ1) is 9.72. The highest BCUT2D eigenvalue weighted by Crippen LogP contribution is 2.20. The van der Waals surface area contributed by atoms with Crippen LogP contribution in [0.3, 0.4) is 0 Å². The fraction of sp³-hybridized carbons (Fsp3) is 0.900. The molecule has 2 heteroatoms. The van der Waals surface area contributed by atoms with E-state index in [0.717, 1.165) is 25.8 Å². The average molecular weight is 169 g/mol. The molecule has 0 aliphatic heterocycles. The van der Waals surface area contributed by atoms with Crippen molar-refractivity contribution in [3.05, 3.63) is 0 Å². The molecule has 0 heterocycles. The van der Waals surface area contributed by atoms with Crippen molar-refractivity contribution in [2.24, 2.45) is 5.92 Å². The quantitative estimate of drug-likeness (QED) is 0.682.